The average molecular weight is 288 g/mol. The molecule has 0 bridgehead atoms. The first-order valence-corrected chi connectivity index (χ1v) is 6.64. The molecule has 15 heavy (non-hydrogen) atoms. The molecule has 1 aromatic carbocycles. The van der Waals surface area contributed by atoms with E-state index in [4.69, 9.17) is 5.73 Å². The Morgan fingerprint density at radius 1 is 1.33 bits per heavy atom. The van der Waals surface area contributed by atoms with Gasteiger partial charge >= 0.3 is 0 Å². The van der Waals surface area contributed by atoms with Crippen molar-refractivity contribution in [1.82, 2.24) is 0 Å². The molecule has 0 fully saturated rings. The summed E-state index contributed by atoms with van der Waals surface area (Å²) in [6.07, 6.45) is 0. The van der Waals surface area contributed by atoms with Gasteiger partial charge in [-0.05, 0) is 24.6 Å². The third-order valence-electron chi connectivity index (χ3n) is 1.89. The smallest absolute Gasteiger partial charge is 0.0277 e. The maximum Gasteiger partial charge on any atom is 0.0277 e. The minimum Gasteiger partial charge on any atom is -0.324 e. The van der Waals surface area contributed by atoms with E-state index in [1.54, 1.807) is 0 Å². The summed E-state index contributed by atoms with van der Waals surface area (Å²) < 4.78 is 1.35. The van der Waals surface area contributed by atoms with Crippen molar-refractivity contribution in [1.29, 1.82) is 0 Å². The van der Waals surface area contributed by atoms with Gasteiger partial charge in [0.05, 0.1) is 0 Å². The minimum atomic E-state index is 0.0769. The Bertz CT molecular complexity index is 342. The summed E-state index contributed by atoms with van der Waals surface area (Å²) in [5.74, 6) is 0. The van der Waals surface area contributed by atoms with E-state index >= 15 is 0 Å². The normalized spacial score (nSPS) is 14.0. The van der Waals surface area contributed by atoms with Crippen LogP contribution in [0.25, 0.3) is 0 Å². The molecule has 0 heterocycles. The van der Waals surface area contributed by atoms with Crippen LogP contribution in [-0.4, -0.2) is 4.75 Å². The fraction of sp³-hybridized carbons (Fsp3) is 0.500. The van der Waals surface area contributed by atoms with Crippen molar-refractivity contribution in [2.45, 2.75) is 43.4 Å². The lowest BCUT2D eigenvalue weighted by Crippen LogP contribution is -2.08. The SMILES string of the molecule is CC(N)c1ccc(SC(C)(C)C)cc1Br. The lowest BCUT2D eigenvalue weighted by Gasteiger charge is -2.18. The molecule has 0 saturated carbocycles. The Labute approximate surface area is 105 Å². The van der Waals surface area contributed by atoms with E-state index in [1.165, 1.54) is 4.90 Å². The van der Waals surface area contributed by atoms with Gasteiger partial charge in [-0.3, -0.25) is 0 Å². The van der Waals surface area contributed by atoms with Gasteiger partial charge in [-0.2, -0.15) is 0 Å². The number of hydrogen-bond acceptors (Lipinski definition) is 2. The quantitative estimate of drug-likeness (QED) is 0.818. The maximum atomic E-state index is 5.86. The molecule has 84 valence electrons. The Kier molecular flexibility index (Phi) is 4.27. The van der Waals surface area contributed by atoms with Crippen LogP contribution in [0.2, 0.25) is 0 Å². The highest BCUT2D eigenvalue weighted by Gasteiger charge is 2.13. The Hall–Kier alpha value is 0.01000. The van der Waals surface area contributed by atoms with Crippen LogP contribution in [0.4, 0.5) is 0 Å². The van der Waals surface area contributed by atoms with Crippen LogP contribution in [0.5, 0.6) is 0 Å². The van der Waals surface area contributed by atoms with Crippen LogP contribution in [0.3, 0.4) is 0 Å². The Morgan fingerprint density at radius 3 is 2.33 bits per heavy atom. The summed E-state index contributed by atoms with van der Waals surface area (Å²) in [5.41, 5.74) is 7.02. The van der Waals surface area contributed by atoms with Gasteiger partial charge in [0.15, 0.2) is 0 Å². The summed E-state index contributed by atoms with van der Waals surface area (Å²) in [6.45, 7) is 8.64. The maximum absolute atomic E-state index is 5.86. The van der Waals surface area contributed by atoms with Crippen molar-refractivity contribution in [2.75, 3.05) is 0 Å². The lowest BCUT2D eigenvalue weighted by atomic mass is 10.1. The molecule has 3 heteroatoms. The number of thioether (sulfide) groups is 1. The number of nitrogens with two attached hydrogens (primary N) is 1. The molecule has 0 amide bonds. The van der Waals surface area contributed by atoms with Crippen LogP contribution in [0.1, 0.15) is 39.3 Å². The first-order chi connectivity index (χ1) is 6.79. The van der Waals surface area contributed by atoms with Crippen molar-refractivity contribution >= 4 is 27.7 Å². The molecule has 0 aromatic heterocycles. The number of rotatable bonds is 2. The van der Waals surface area contributed by atoms with Gasteiger partial charge in [-0.15, -0.1) is 11.8 Å². The van der Waals surface area contributed by atoms with Gasteiger partial charge in [0.2, 0.25) is 0 Å². The largest absolute Gasteiger partial charge is 0.324 e. The zero-order chi connectivity index (χ0) is 11.6. The second kappa shape index (κ2) is 4.89. The average Bonchev–Trinajstić information content (AvgIpc) is 1.99. The number of halogens is 1. The van der Waals surface area contributed by atoms with Crippen molar-refractivity contribution in [3.8, 4) is 0 Å². The zero-order valence-corrected chi connectivity index (χ0v) is 12.1. The van der Waals surface area contributed by atoms with Crippen molar-refractivity contribution in [3.63, 3.8) is 0 Å². The van der Waals surface area contributed by atoms with E-state index in [-0.39, 0.29) is 10.8 Å². The van der Waals surface area contributed by atoms with Crippen LogP contribution < -0.4 is 5.73 Å². The standard InChI is InChI=1S/C12H18BrNS/c1-8(14)10-6-5-9(7-11(10)13)15-12(2,3)4/h5-8H,14H2,1-4H3. The van der Waals surface area contributed by atoms with E-state index < -0.39 is 0 Å². The molecule has 1 rings (SSSR count). The lowest BCUT2D eigenvalue weighted by molar-refractivity contribution is 0.800. The number of hydrogen-bond donors (Lipinski definition) is 1. The van der Waals surface area contributed by atoms with E-state index in [0.29, 0.717) is 0 Å². The molecule has 0 aliphatic carbocycles. The highest BCUT2D eigenvalue weighted by atomic mass is 79.9. The highest BCUT2D eigenvalue weighted by molar-refractivity contribution is 9.10. The summed E-state index contributed by atoms with van der Waals surface area (Å²) in [7, 11) is 0. The van der Waals surface area contributed by atoms with Crippen LogP contribution in [-0.2, 0) is 0 Å². The van der Waals surface area contributed by atoms with E-state index in [9.17, 15) is 0 Å². The molecule has 1 atom stereocenters. The van der Waals surface area contributed by atoms with Gasteiger partial charge in [0.1, 0.15) is 0 Å². The predicted octanol–water partition coefficient (Wildman–Crippen LogP) is 4.36. The highest BCUT2D eigenvalue weighted by Crippen LogP contribution is 2.35. The summed E-state index contributed by atoms with van der Waals surface area (Å²) in [6, 6.07) is 6.46. The fourth-order valence-electron chi connectivity index (χ4n) is 1.29. The molecule has 1 nitrogen and oxygen atoms in total. The molecule has 0 saturated heterocycles. The van der Waals surface area contributed by atoms with Gasteiger partial charge in [0.25, 0.3) is 0 Å². The van der Waals surface area contributed by atoms with Crippen molar-refractivity contribution < 1.29 is 0 Å². The van der Waals surface area contributed by atoms with Crippen molar-refractivity contribution in [3.05, 3.63) is 28.2 Å². The van der Waals surface area contributed by atoms with Crippen LogP contribution >= 0.6 is 27.7 Å². The van der Waals surface area contributed by atoms with Gasteiger partial charge in [-0.25, -0.2) is 0 Å². The molecule has 0 radical (unpaired) electrons. The van der Waals surface area contributed by atoms with Gasteiger partial charge in [0, 0.05) is 20.2 Å². The molecule has 0 aliphatic heterocycles. The van der Waals surface area contributed by atoms with Gasteiger partial charge < -0.3 is 5.73 Å². The molecule has 1 aromatic rings. The van der Waals surface area contributed by atoms with E-state index in [2.05, 4.69) is 54.9 Å². The minimum absolute atomic E-state index is 0.0769. The fourth-order valence-corrected chi connectivity index (χ4v) is 3.21. The molecule has 1 unspecified atom stereocenters. The molecule has 0 spiro atoms. The predicted molar refractivity (Wildman–Crippen MR) is 72.4 cm³/mol. The molecule has 0 aliphatic rings. The Balaban J connectivity index is 2.92. The molecular formula is C12H18BrNS. The Morgan fingerprint density at radius 2 is 1.93 bits per heavy atom. The molecule has 2 N–H and O–H groups in total. The summed E-state index contributed by atoms with van der Waals surface area (Å²) in [4.78, 5) is 1.28. The zero-order valence-electron chi connectivity index (χ0n) is 9.67. The molecular weight excluding hydrogens is 270 g/mol. The first kappa shape index (κ1) is 13.1. The van der Waals surface area contributed by atoms with E-state index in [0.717, 1.165) is 10.0 Å². The van der Waals surface area contributed by atoms with Gasteiger partial charge in [-0.1, -0.05) is 42.8 Å². The second-order valence-corrected chi connectivity index (χ2v) is 7.44. The summed E-state index contributed by atoms with van der Waals surface area (Å²) in [5, 5.41) is 0. The number of benzene rings is 1. The monoisotopic (exact) mass is 287 g/mol. The van der Waals surface area contributed by atoms with Crippen LogP contribution in [0, 0.1) is 0 Å². The van der Waals surface area contributed by atoms with Crippen molar-refractivity contribution in [2.24, 2.45) is 5.73 Å². The topological polar surface area (TPSA) is 26.0 Å². The van der Waals surface area contributed by atoms with Crippen LogP contribution in [0.15, 0.2) is 27.6 Å². The second-order valence-electron chi connectivity index (χ2n) is 4.69. The first-order valence-electron chi connectivity index (χ1n) is 5.03. The summed E-state index contributed by atoms with van der Waals surface area (Å²) >= 11 is 5.43. The third kappa shape index (κ3) is 4.17. The third-order valence-corrected chi connectivity index (χ3v) is 3.68. The van der Waals surface area contributed by atoms with E-state index in [1.807, 2.05) is 18.7 Å².